The largest absolute Gasteiger partial charge is 0.326 e. The van der Waals surface area contributed by atoms with E-state index in [9.17, 15) is 13.2 Å². The Labute approximate surface area is 125 Å². The molecule has 0 bridgehead atoms. The van der Waals surface area contributed by atoms with Crippen molar-refractivity contribution in [2.75, 3.05) is 12.4 Å². The average molecular weight is 308 g/mol. The van der Waals surface area contributed by atoms with E-state index in [1.165, 1.54) is 4.31 Å². The van der Waals surface area contributed by atoms with Gasteiger partial charge in [-0.1, -0.05) is 0 Å². The molecule has 1 unspecified atom stereocenters. The summed E-state index contributed by atoms with van der Waals surface area (Å²) in [5, 5.41) is 2.77. The maximum atomic E-state index is 12.7. The molecule has 1 aliphatic carbocycles. The van der Waals surface area contributed by atoms with Crippen molar-refractivity contribution >= 4 is 21.6 Å². The Balaban J connectivity index is 1.90. The smallest absolute Gasteiger partial charge is 0.243 e. The average Bonchev–Trinajstić information content (AvgIpc) is 3.29. The number of fused-ring (bicyclic) bond motifs is 1. The molecule has 1 atom stereocenters. The van der Waals surface area contributed by atoms with Crippen LogP contribution in [0.3, 0.4) is 0 Å². The first-order valence-corrected chi connectivity index (χ1v) is 8.74. The van der Waals surface area contributed by atoms with Crippen LogP contribution in [0.4, 0.5) is 5.69 Å². The Hall–Kier alpha value is -1.40. The second-order valence-electron chi connectivity index (χ2n) is 5.97. The summed E-state index contributed by atoms with van der Waals surface area (Å²) in [6.45, 7) is 1.97. The van der Waals surface area contributed by atoms with Crippen LogP contribution in [0.15, 0.2) is 23.1 Å². The number of carbonyl (C=O) groups excluding carboxylic acids is 1. The van der Waals surface area contributed by atoms with E-state index in [1.54, 1.807) is 25.2 Å². The number of anilines is 1. The highest BCUT2D eigenvalue weighted by Gasteiger charge is 2.36. The highest BCUT2D eigenvalue weighted by atomic mass is 32.2. The minimum atomic E-state index is -3.47. The molecule has 1 aliphatic heterocycles. The zero-order chi connectivity index (χ0) is 15.2. The van der Waals surface area contributed by atoms with Crippen LogP contribution in [0.25, 0.3) is 0 Å². The summed E-state index contributed by atoms with van der Waals surface area (Å²) < 4.78 is 26.9. The molecule has 3 rings (SSSR count). The number of nitrogens with zero attached hydrogens (tertiary/aromatic N) is 1. The van der Waals surface area contributed by atoms with E-state index >= 15 is 0 Å². The van der Waals surface area contributed by atoms with Crippen LogP contribution in [0, 0.1) is 5.92 Å². The summed E-state index contributed by atoms with van der Waals surface area (Å²) in [7, 11) is -1.82. The van der Waals surface area contributed by atoms with Crippen LogP contribution < -0.4 is 5.32 Å². The predicted octanol–water partition coefficient (Wildman–Crippen LogP) is 1.99. The minimum absolute atomic E-state index is 0.0161. The fourth-order valence-corrected chi connectivity index (χ4v) is 4.25. The van der Waals surface area contributed by atoms with Gasteiger partial charge in [-0.25, -0.2) is 8.42 Å². The van der Waals surface area contributed by atoms with Gasteiger partial charge in [-0.05, 0) is 55.9 Å². The van der Waals surface area contributed by atoms with Crippen LogP contribution in [-0.4, -0.2) is 31.7 Å². The summed E-state index contributed by atoms with van der Waals surface area (Å²) in [6, 6.07) is 5.00. The van der Waals surface area contributed by atoms with Crippen molar-refractivity contribution in [3.8, 4) is 0 Å². The molecule has 114 valence electrons. The summed E-state index contributed by atoms with van der Waals surface area (Å²) in [4.78, 5) is 11.7. The highest BCUT2D eigenvalue weighted by Crippen LogP contribution is 2.36. The first-order valence-electron chi connectivity index (χ1n) is 7.30. The predicted molar refractivity (Wildman–Crippen MR) is 80.5 cm³/mol. The van der Waals surface area contributed by atoms with Crippen molar-refractivity contribution in [2.24, 2.45) is 5.92 Å². The van der Waals surface area contributed by atoms with Gasteiger partial charge in [-0.3, -0.25) is 4.79 Å². The Kier molecular flexibility index (Phi) is 3.53. The lowest BCUT2D eigenvalue weighted by atomic mass is 10.0. The van der Waals surface area contributed by atoms with Gasteiger partial charge < -0.3 is 5.32 Å². The lowest BCUT2D eigenvalue weighted by Crippen LogP contribution is -2.36. The quantitative estimate of drug-likeness (QED) is 0.925. The molecule has 1 amide bonds. The van der Waals surface area contributed by atoms with Crippen molar-refractivity contribution in [2.45, 2.75) is 43.5 Å². The Morgan fingerprint density at radius 3 is 2.67 bits per heavy atom. The van der Waals surface area contributed by atoms with Gasteiger partial charge >= 0.3 is 0 Å². The lowest BCUT2D eigenvalue weighted by Gasteiger charge is -2.25. The van der Waals surface area contributed by atoms with Gasteiger partial charge in [-0.2, -0.15) is 4.31 Å². The molecule has 1 fully saturated rings. The van der Waals surface area contributed by atoms with Crippen LogP contribution in [0.1, 0.15) is 31.7 Å². The molecule has 0 radical (unpaired) electrons. The molecule has 1 aromatic carbocycles. The van der Waals surface area contributed by atoms with Gasteiger partial charge in [0, 0.05) is 25.2 Å². The van der Waals surface area contributed by atoms with E-state index in [2.05, 4.69) is 5.32 Å². The van der Waals surface area contributed by atoms with Crippen LogP contribution in [-0.2, 0) is 21.2 Å². The molecule has 0 saturated heterocycles. The van der Waals surface area contributed by atoms with Crippen molar-refractivity contribution < 1.29 is 13.2 Å². The third kappa shape index (κ3) is 2.70. The third-order valence-corrected chi connectivity index (χ3v) is 6.47. The monoisotopic (exact) mass is 308 g/mol. The number of amides is 1. The number of nitrogens with one attached hydrogen (secondary N) is 1. The molecule has 1 aromatic rings. The van der Waals surface area contributed by atoms with E-state index in [1.807, 2.05) is 6.92 Å². The number of hydrogen-bond donors (Lipinski definition) is 1. The minimum Gasteiger partial charge on any atom is -0.326 e. The van der Waals surface area contributed by atoms with Crippen molar-refractivity contribution in [3.05, 3.63) is 23.8 Å². The molecule has 0 spiro atoms. The van der Waals surface area contributed by atoms with Gasteiger partial charge in [0.25, 0.3) is 0 Å². The van der Waals surface area contributed by atoms with Crippen molar-refractivity contribution in [3.63, 3.8) is 0 Å². The Bertz CT molecular complexity index is 680. The van der Waals surface area contributed by atoms with Gasteiger partial charge in [0.05, 0.1) is 4.90 Å². The summed E-state index contributed by atoms with van der Waals surface area (Å²) in [5.74, 6) is 0.472. The summed E-state index contributed by atoms with van der Waals surface area (Å²) >= 11 is 0. The van der Waals surface area contributed by atoms with E-state index in [0.29, 0.717) is 23.7 Å². The maximum absolute atomic E-state index is 12.7. The SMILES string of the molecule is CC(C1CC1)N(C)S(=O)(=O)c1ccc2c(c1)CCC(=O)N2. The Morgan fingerprint density at radius 2 is 2.00 bits per heavy atom. The maximum Gasteiger partial charge on any atom is 0.243 e. The number of rotatable bonds is 4. The van der Waals surface area contributed by atoms with Crippen molar-refractivity contribution in [1.82, 2.24) is 4.31 Å². The van der Waals surface area contributed by atoms with Crippen molar-refractivity contribution in [1.29, 1.82) is 0 Å². The standard InChI is InChI=1S/C15H20N2O3S/c1-10(11-3-4-11)17(2)21(19,20)13-6-7-14-12(9-13)5-8-15(18)16-14/h6-7,9-11H,3-5,8H2,1-2H3,(H,16,18). The third-order valence-electron chi connectivity index (χ3n) is 4.53. The van der Waals surface area contributed by atoms with E-state index in [4.69, 9.17) is 0 Å². The van der Waals surface area contributed by atoms with Crippen LogP contribution in [0.5, 0.6) is 0 Å². The summed E-state index contributed by atoms with van der Waals surface area (Å²) in [6.07, 6.45) is 3.21. The number of carbonyl (C=O) groups is 1. The van der Waals surface area contributed by atoms with Gasteiger partial charge in [0.1, 0.15) is 0 Å². The van der Waals surface area contributed by atoms with Gasteiger partial charge in [-0.15, -0.1) is 0 Å². The number of benzene rings is 1. The lowest BCUT2D eigenvalue weighted by molar-refractivity contribution is -0.116. The fraction of sp³-hybridized carbons (Fsp3) is 0.533. The fourth-order valence-electron chi connectivity index (χ4n) is 2.78. The molecule has 1 saturated carbocycles. The number of sulfonamides is 1. The zero-order valence-corrected chi connectivity index (χ0v) is 13.1. The van der Waals surface area contributed by atoms with E-state index < -0.39 is 10.0 Å². The van der Waals surface area contributed by atoms with Crippen LogP contribution in [0.2, 0.25) is 0 Å². The number of hydrogen-bond acceptors (Lipinski definition) is 3. The normalized spacial score (nSPS) is 20.0. The van der Waals surface area contributed by atoms with Gasteiger partial charge in [0.15, 0.2) is 0 Å². The molecular weight excluding hydrogens is 288 g/mol. The van der Waals surface area contributed by atoms with Crippen LogP contribution >= 0.6 is 0 Å². The molecule has 1 heterocycles. The first kappa shape index (κ1) is 14.5. The summed E-state index contributed by atoms with van der Waals surface area (Å²) in [5.41, 5.74) is 1.62. The molecule has 0 aromatic heterocycles. The molecular formula is C15H20N2O3S. The molecule has 2 aliphatic rings. The number of aryl methyl sites for hydroxylation is 1. The second-order valence-corrected chi connectivity index (χ2v) is 7.96. The topological polar surface area (TPSA) is 66.5 Å². The molecule has 1 N–H and O–H groups in total. The Morgan fingerprint density at radius 1 is 1.29 bits per heavy atom. The van der Waals surface area contributed by atoms with E-state index in [0.717, 1.165) is 24.1 Å². The second kappa shape index (κ2) is 5.10. The van der Waals surface area contributed by atoms with Gasteiger partial charge in [0.2, 0.25) is 15.9 Å². The van der Waals surface area contributed by atoms with E-state index in [-0.39, 0.29) is 11.9 Å². The highest BCUT2D eigenvalue weighted by molar-refractivity contribution is 7.89. The first-order chi connectivity index (χ1) is 9.89. The molecule has 6 heteroatoms. The molecule has 5 nitrogen and oxygen atoms in total. The zero-order valence-electron chi connectivity index (χ0n) is 12.3. The molecule has 21 heavy (non-hydrogen) atoms.